The first kappa shape index (κ1) is 22.3. The van der Waals surface area contributed by atoms with Crippen molar-refractivity contribution in [3.63, 3.8) is 0 Å². The summed E-state index contributed by atoms with van der Waals surface area (Å²) in [7, 11) is 0. The van der Waals surface area contributed by atoms with Crippen molar-refractivity contribution in [3.8, 4) is 5.75 Å². The summed E-state index contributed by atoms with van der Waals surface area (Å²) in [4.78, 5) is 20.7. The SMILES string of the molecule is [CH2]C(OCC(=O)O)Oc1cccc(C=O)c1.[CH2]C[O].[CH2]C[O]. The monoisotopic (exact) mass is 311 g/mol. The van der Waals surface area contributed by atoms with E-state index in [-0.39, 0.29) is 13.2 Å². The fourth-order valence-corrected chi connectivity index (χ4v) is 1.01. The van der Waals surface area contributed by atoms with Crippen LogP contribution in [0, 0.1) is 20.8 Å². The van der Waals surface area contributed by atoms with E-state index in [4.69, 9.17) is 24.8 Å². The maximum Gasteiger partial charge on any atom is 0.329 e. The second kappa shape index (κ2) is 15.4. The van der Waals surface area contributed by atoms with Gasteiger partial charge in [0.05, 0.1) is 13.2 Å². The number of hydrogen-bond acceptors (Lipinski definition) is 4. The lowest BCUT2D eigenvalue weighted by Crippen LogP contribution is -2.20. The Labute approximate surface area is 130 Å². The summed E-state index contributed by atoms with van der Waals surface area (Å²) in [6.45, 7) is 8.34. The molecule has 22 heavy (non-hydrogen) atoms. The molecule has 7 nitrogen and oxygen atoms in total. The number of hydrogen-bond donors (Lipinski definition) is 1. The van der Waals surface area contributed by atoms with Gasteiger partial charge in [0.15, 0.2) is 0 Å². The Morgan fingerprint density at radius 3 is 2.27 bits per heavy atom. The molecule has 0 amide bonds. The molecule has 0 bridgehead atoms. The van der Waals surface area contributed by atoms with Crippen molar-refractivity contribution >= 4 is 12.3 Å². The molecule has 1 aromatic carbocycles. The van der Waals surface area contributed by atoms with Gasteiger partial charge in [0.2, 0.25) is 6.29 Å². The average molecular weight is 311 g/mol. The molecular weight excluding hydrogens is 292 g/mol. The highest BCUT2D eigenvalue weighted by atomic mass is 16.7. The second-order valence-corrected chi connectivity index (χ2v) is 3.35. The summed E-state index contributed by atoms with van der Waals surface area (Å²) < 4.78 is 9.91. The topological polar surface area (TPSA) is 113 Å². The van der Waals surface area contributed by atoms with Crippen LogP contribution in [0.1, 0.15) is 10.4 Å². The fraction of sp³-hybridized carbons (Fsp3) is 0.267. The predicted octanol–water partition coefficient (Wildman–Crippen LogP) is 1.64. The number of carbonyl (C=O) groups is 2. The molecule has 0 fully saturated rings. The lowest BCUT2D eigenvalue weighted by Gasteiger charge is -2.14. The van der Waals surface area contributed by atoms with E-state index in [2.05, 4.69) is 20.8 Å². The Hall–Kier alpha value is -1.96. The highest BCUT2D eigenvalue weighted by Crippen LogP contribution is 2.13. The van der Waals surface area contributed by atoms with Crippen LogP contribution in [0.15, 0.2) is 24.3 Å². The Balaban J connectivity index is 0. The van der Waals surface area contributed by atoms with Gasteiger partial charge < -0.3 is 14.6 Å². The quantitative estimate of drug-likeness (QED) is 0.634. The summed E-state index contributed by atoms with van der Waals surface area (Å²) in [6.07, 6.45) is -0.249. The summed E-state index contributed by atoms with van der Waals surface area (Å²) >= 11 is 0. The number of benzene rings is 1. The number of ether oxygens (including phenoxy) is 2. The first-order chi connectivity index (χ1) is 10.4. The summed E-state index contributed by atoms with van der Waals surface area (Å²) in [5, 5.41) is 26.0. The van der Waals surface area contributed by atoms with Gasteiger partial charge in [0, 0.05) is 12.5 Å². The average Bonchev–Trinajstić information content (AvgIpc) is 2.47. The van der Waals surface area contributed by atoms with Crippen molar-refractivity contribution in [1.29, 1.82) is 0 Å². The van der Waals surface area contributed by atoms with Crippen LogP contribution < -0.4 is 4.74 Å². The van der Waals surface area contributed by atoms with Gasteiger partial charge in [-0.05, 0) is 26.0 Å². The zero-order chi connectivity index (χ0) is 17.4. The van der Waals surface area contributed by atoms with E-state index in [1.807, 2.05) is 0 Å². The minimum Gasteiger partial charge on any atom is -0.480 e. The molecule has 7 heteroatoms. The van der Waals surface area contributed by atoms with Gasteiger partial charge in [0.1, 0.15) is 18.6 Å². The molecule has 0 aliphatic rings. The van der Waals surface area contributed by atoms with Crippen molar-refractivity contribution in [2.75, 3.05) is 19.8 Å². The van der Waals surface area contributed by atoms with Crippen molar-refractivity contribution in [3.05, 3.63) is 50.6 Å². The molecule has 0 heterocycles. The minimum atomic E-state index is -1.10. The Morgan fingerprint density at radius 2 is 1.82 bits per heavy atom. The van der Waals surface area contributed by atoms with Gasteiger partial charge in [-0.3, -0.25) is 4.79 Å². The highest BCUT2D eigenvalue weighted by molar-refractivity contribution is 5.75. The zero-order valence-corrected chi connectivity index (χ0v) is 12.1. The van der Waals surface area contributed by atoms with Crippen molar-refractivity contribution in [2.45, 2.75) is 6.29 Å². The first-order valence-corrected chi connectivity index (χ1v) is 6.08. The molecule has 1 N–H and O–H groups in total. The third-order valence-electron chi connectivity index (χ3n) is 1.65. The number of rotatable bonds is 6. The van der Waals surface area contributed by atoms with E-state index >= 15 is 0 Å². The summed E-state index contributed by atoms with van der Waals surface area (Å²) in [5.41, 5.74) is 0.461. The van der Waals surface area contributed by atoms with Gasteiger partial charge in [-0.2, -0.15) is 0 Å². The molecule has 0 spiro atoms. The van der Waals surface area contributed by atoms with E-state index < -0.39 is 18.9 Å². The van der Waals surface area contributed by atoms with Crippen molar-refractivity contribution in [1.82, 2.24) is 0 Å². The van der Waals surface area contributed by atoms with Gasteiger partial charge in [-0.15, -0.1) is 0 Å². The largest absolute Gasteiger partial charge is 0.480 e. The normalized spacial score (nSPS) is 10.2. The maximum absolute atomic E-state index is 10.5. The van der Waals surface area contributed by atoms with Gasteiger partial charge in [-0.1, -0.05) is 12.1 Å². The molecule has 5 radical (unpaired) electrons. The van der Waals surface area contributed by atoms with E-state index in [9.17, 15) is 9.59 Å². The summed E-state index contributed by atoms with van der Waals surface area (Å²) in [6, 6.07) is 6.39. The second-order valence-electron chi connectivity index (χ2n) is 3.35. The summed E-state index contributed by atoms with van der Waals surface area (Å²) in [5.74, 6) is -0.700. The highest BCUT2D eigenvalue weighted by Gasteiger charge is 2.07. The maximum atomic E-state index is 10.5. The van der Waals surface area contributed by atoms with Crippen LogP contribution in [0.3, 0.4) is 0 Å². The zero-order valence-electron chi connectivity index (χ0n) is 12.1. The molecular formula is C15H19O7. The van der Waals surface area contributed by atoms with Crippen LogP contribution in [-0.2, 0) is 19.7 Å². The van der Waals surface area contributed by atoms with Crippen LogP contribution in [0.4, 0.5) is 0 Å². The molecule has 0 saturated carbocycles. The first-order valence-electron chi connectivity index (χ1n) is 6.08. The van der Waals surface area contributed by atoms with Gasteiger partial charge >= 0.3 is 5.97 Å². The van der Waals surface area contributed by atoms with E-state index in [1.165, 1.54) is 6.07 Å². The molecule has 0 saturated heterocycles. The van der Waals surface area contributed by atoms with Crippen molar-refractivity contribution in [2.24, 2.45) is 0 Å². The minimum absolute atomic E-state index is 0.250. The number of carboxylic acid groups (broad SMARTS) is 1. The molecule has 0 aliphatic carbocycles. The van der Waals surface area contributed by atoms with Crippen LogP contribution in [0.5, 0.6) is 5.75 Å². The fourth-order valence-electron chi connectivity index (χ4n) is 1.01. The van der Waals surface area contributed by atoms with E-state index in [1.54, 1.807) is 18.2 Å². The number of aliphatic carboxylic acids is 1. The van der Waals surface area contributed by atoms with Crippen LogP contribution in [0.2, 0.25) is 0 Å². The third kappa shape index (κ3) is 14.4. The van der Waals surface area contributed by atoms with Gasteiger partial charge in [-0.25, -0.2) is 15.0 Å². The molecule has 1 unspecified atom stereocenters. The molecule has 0 aliphatic heterocycles. The molecule has 0 aromatic heterocycles. The van der Waals surface area contributed by atoms with Crippen LogP contribution in [0.25, 0.3) is 0 Å². The lowest BCUT2D eigenvalue weighted by atomic mass is 10.2. The van der Waals surface area contributed by atoms with Crippen molar-refractivity contribution < 1.29 is 34.4 Å². The number of aldehydes is 1. The molecule has 1 rings (SSSR count). The molecule has 121 valence electrons. The van der Waals surface area contributed by atoms with E-state index in [0.29, 0.717) is 17.6 Å². The lowest BCUT2D eigenvalue weighted by molar-refractivity contribution is -0.149. The smallest absolute Gasteiger partial charge is 0.329 e. The Morgan fingerprint density at radius 1 is 1.27 bits per heavy atom. The predicted molar refractivity (Wildman–Crippen MR) is 77.0 cm³/mol. The van der Waals surface area contributed by atoms with Gasteiger partial charge in [0.25, 0.3) is 0 Å². The molecule has 1 atom stereocenters. The molecule has 1 aromatic rings. The van der Waals surface area contributed by atoms with E-state index in [0.717, 1.165) is 0 Å². The Kier molecular flexibility index (Phi) is 15.7. The number of carboxylic acids is 1. The Bertz CT molecular complexity index is 405. The van der Waals surface area contributed by atoms with Crippen LogP contribution >= 0.6 is 0 Å². The number of carbonyl (C=O) groups excluding carboxylic acids is 1. The van der Waals surface area contributed by atoms with Crippen LogP contribution in [-0.4, -0.2) is 43.5 Å². The third-order valence-corrected chi connectivity index (χ3v) is 1.65. The standard InChI is InChI=1S/C11H11O5.2C2H4O/c1-8(15-7-11(13)14)16-10-4-2-3-9(5-10)6-12;2*1-2-3/h2-6,8H,1,7H2,(H,13,14);2*1-2H2.